The lowest BCUT2D eigenvalue weighted by molar-refractivity contribution is -0.234. The Bertz CT molecular complexity index is 742. The molecule has 0 saturated carbocycles. The molecule has 0 radical (unpaired) electrons. The molecule has 3 heterocycles. The number of hydrogen-bond acceptors (Lipinski definition) is 3. The van der Waals surface area contributed by atoms with Crippen molar-refractivity contribution in [1.29, 1.82) is 0 Å². The van der Waals surface area contributed by atoms with Gasteiger partial charge in [-0.15, -0.1) is 0 Å². The van der Waals surface area contributed by atoms with Crippen molar-refractivity contribution in [3.8, 4) is 0 Å². The van der Waals surface area contributed by atoms with Crippen molar-refractivity contribution in [3.63, 3.8) is 0 Å². The summed E-state index contributed by atoms with van der Waals surface area (Å²) in [5.41, 5.74) is 1.90. The minimum absolute atomic E-state index is 0.0212. The Kier molecular flexibility index (Phi) is 2.80. The maximum atomic E-state index is 11.5. The Morgan fingerprint density at radius 2 is 1.48 bits per heavy atom. The summed E-state index contributed by atoms with van der Waals surface area (Å²) in [6, 6.07) is 19.8. The van der Waals surface area contributed by atoms with Crippen LogP contribution < -0.4 is 0 Å². The van der Waals surface area contributed by atoms with Gasteiger partial charge in [0, 0.05) is 11.5 Å². The van der Waals surface area contributed by atoms with Gasteiger partial charge in [-0.25, -0.2) is 0 Å². The predicted octanol–water partition coefficient (Wildman–Crippen LogP) is 3.17. The minimum atomic E-state index is -1.31. The molecule has 2 aromatic rings. The second-order valence-corrected chi connectivity index (χ2v) is 6.56. The van der Waals surface area contributed by atoms with Crippen LogP contribution in [-0.2, 0) is 15.3 Å². The Hall–Kier alpha value is -1.94. The monoisotopic (exact) mass is 306 g/mol. The summed E-state index contributed by atoms with van der Waals surface area (Å²) in [6.45, 7) is 0. The molecule has 3 aliphatic rings. The van der Waals surface area contributed by atoms with Crippen LogP contribution in [0.3, 0.4) is 0 Å². The van der Waals surface area contributed by atoms with Crippen LogP contribution in [0.1, 0.15) is 17.2 Å². The van der Waals surface area contributed by atoms with Crippen LogP contribution in [0.5, 0.6) is 0 Å². The van der Waals surface area contributed by atoms with Crippen molar-refractivity contribution in [1.82, 2.24) is 0 Å². The lowest BCUT2D eigenvalue weighted by Crippen LogP contribution is -2.38. The van der Waals surface area contributed by atoms with Crippen molar-refractivity contribution in [2.75, 3.05) is 0 Å². The molecule has 2 bridgehead atoms. The molecule has 2 saturated heterocycles. The van der Waals surface area contributed by atoms with Gasteiger partial charge in [0.2, 0.25) is 0 Å². The number of fused-ring (bicyclic) bond motifs is 5. The summed E-state index contributed by atoms with van der Waals surface area (Å²) in [6.07, 6.45) is 3.96. The smallest absolute Gasteiger partial charge is 0.199 e. The Labute approximate surface area is 135 Å². The zero-order chi connectivity index (χ0) is 15.4. The number of rotatable bonds is 2. The van der Waals surface area contributed by atoms with Crippen molar-refractivity contribution in [2.24, 2.45) is 11.8 Å². The molecule has 0 aliphatic carbocycles. The number of benzene rings is 2. The van der Waals surface area contributed by atoms with Crippen molar-refractivity contribution in [2.45, 2.75) is 24.1 Å². The van der Waals surface area contributed by atoms with Crippen LogP contribution in [0.2, 0.25) is 0 Å². The van der Waals surface area contributed by atoms with Gasteiger partial charge in [-0.1, -0.05) is 72.8 Å². The first-order chi connectivity index (χ1) is 11.3. The molecular formula is C20H18O3. The van der Waals surface area contributed by atoms with E-state index >= 15 is 0 Å². The largest absolute Gasteiger partial charge is 0.366 e. The zero-order valence-electron chi connectivity index (χ0n) is 12.6. The average molecular weight is 306 g/mol. The lowest BCUT2D eigenvalue weighted by atomic mass is 9.75. The highest BCUT2D eigenvalue weighted by Crippen LogP contribution is 2.60. The molecule has 6 atom stereocenters. The van der Waals surface area contributed by atoms with Crippen LogP contribution in [0.25, 0.3) is 0 Å². The number of hydrogen-bond donors (Lipinski definition) is 1. The van der Waals surface area contributed by atoms with Crippen LogP contribution in [0.4, 0.5) is 0 Å². The third-order valence-electron chi connectivity index (χ3n) is 5.38. The maximum Gasteiger partial charge on any atom is 0.199 e. The molecule has 23 heavy (non-hydrogen) atoms. The minimum Gasteiger partial charge on any atom is -0.366 e. The highest BCUT2D eigenvalue weighted by molar-refractivity contribution is 5.32. The Balaban J connectivity index is 1.63. The fourth-order valence-electron chi connectivity index (χ4n) is 4.40. The van der Waals surface area contributed by atoms with E-state index in [9.17, 15) is 5.11 Å². The summed E-state index contributed by atoms with van der Waals surface area (Å²) in [4.78, 5) is 0. The van der Waals surface area contributed by atoms with Gasteiger partial charge in [-0.05, 0) is 5.56 Å². The standard InChI is InChI=1S/C20H18O3/c21-20(14-9-5-2-6-10-14)18-16-12-11-15(22-16)17(18)19(23-20)13-7-3-1-4-8-13/h1-12,15-19,21H/t15-,16+,17-,18+,19+,20+/m1/s1. The predicted molar refractivity (Wildman–Crippen MR) is 85.4 cm³/mol. The van der Waals surface area contributed by atoms with Crippen LogP contribution in [-0.4, -0.2) is 17.3 Å². The van der Waals surface area contributed by atoms with Crippen molar-refractivity contribution < 1.29 is 14.6 Å². The van der Waals surface area contributed by atoms with Crippen LogP contribution in [0, 0.1) is 11.8 Å². The van der Waals surface area contributed by atoms with E-state index in [1.807, 2.05) is 48.5 Å². The van der Waals surface area contributed by atoms with Gasteiger partial charge in [0.05, 0.1) is 24.2 Å². The van der Waals surface area contributed by atoms with E-state index in [1.54, 1.807) is 0 Å². The first-order valence-electron chi connectivity index (χ1n) is 8.12. The van der Waals surface area contributed by atoms with E-state index in [1.165, 1.54) is 0 Å². The molecule has 1 N–H and O–H groups in total. The Morgan fingerprint density at radius 1 is 0.826 bits per heavy atom. The van der Waals surface area contributed by atoms with Crippen LogP contribution in [0.15, 0.2) is 72.8 Å². The molecule has 0 unspecified atom stereocenters. The van der Waals surface area contributed by atoms with E-state index in [4.69, 9.17) is 9.47 Å². The SMILES string of the molecule is O[C@@]1(c2ccccc2)O[C@@H](c2ccccc2)[C@H]2[C@@H]1[C@@H]1C=C[C@H]2O1. The Morgan fingerprint density at radius 3 is 2.22 bits per heavy atom. The summed E-state index contributed by atoms with van der Waals surface area (Å²) in [7, 11) is 0. The lowest BCUT2D eigenvalue weighted by Gasteiger charge is -2.31. The van der Waals surface area contributed by atoms with Gasteiger partial charge in [0.15, 0.2) is 5.79 Å². The molecular weight excluding hydrogens is 288 g/mol. The molecule has 0 spiro atoms. The molecule has 3 heteroatoms. The summed E-state index contributed by atoms with van der Waals surface area (Å²) < 4.78 is 12.4. The van der Waals surface area contributed by atoms with Crippen molar-refractivity contribution >= 4 is 0 Å². The van der Waals surface area contributed by atoms with Gasteiger partial charge in [-0.3, -0.25) is 0 Å². The molecule has 0 aromatic heterocycles. The second kappa shape index (κ2) is 4.78. The fraction of sp³-hybridized carbons (Fsp3) is 0.300. The summed E-state index contributed by atoms with van der Waals surface area (Å²) in [5.74, 6) is -1.25. The molecule has 2 fully saturated rings. The van der Waals surface area contributed by atoms with E-state index in [2.05, 4.69) is 24.3 Å². The van der Waals surface area contributed by atoms with E-state index < -0.39 is 5.79 Å². The summed E-state index contributed by atoms with van der Waals surface area (Å²) >= 11 is 0. The van der Waals surface area contributed by atoms with Gasteiger partial charge in [-0.2, -0.15) is 0 Å². The first-order valence-corrected chi connectivity index (χ1v) is 8.12. The van der Waals surface area contributed by atoms with Gasteiger partial charge >= 0.3 is 0 Å². The number of ether oxygens (including phenoxy) is 2. The molecule has 3 nitrogen and oxygen atoms in total. The highest BCUT2D eigenvalue weighted by atomic mass is 16.6. The second-order valence-electron chi connectivity index (χ2n) is 6.56. The van der Waals surface area contributed by atoms with Gasteiger partial charge in [0.1, 0.15) is 0 Å². The normalized spacial score (nSPS) is 40.5. The molecule has 3 aliphatic heterocycles. The van der Waals surface area contributed by atoms with Crippen LogP contribution >= 0.6 is 0 Å². The molecule has 116 valence electrons. The topological polar surface area (TPSA) is 38.7 Å². The fourth-order valence-corrected chi connectivity index (χ4v) is 4.40. The molecule has 0 amide bonds. The third-order valence-corrected chi connectivity index (χ3v) is 5.38. The molecule has 2 aromatic carbocycles. The quantitative estimate of drug-likeness (QED) is 0.866. The van der Waals surface area contributed by atoms with E-state index in [0.29, 0.717) is 0 Å². The first kappa shape index (κ1) is 13.5. The van der Waals surface area contributed by atoms with E-state index in [0.717, 1.165) is 11.1 Å². The van der Waals surface area contributed by atoms with Gasteiger partial charge in [0.25, 0.3) is 0 Å². The number of aliphatic hydroxyl groups is 1. The van der Waals surface area contributed by atoms with E-state index in [-0.39, 0.29) is 30.1 Å². The van der Waals surface area contributed by atoms with Gasteiger partial charge < -0.3 is 14.6 Å². The maximum absolute atomic E-state index is 11.5. The highest BCUT2D eigenvalue weighted by Gasteiger charge is 2.65. The van der Waals surface area contributed by atoms with Crippen molar-refractivity contribution in [3.05, 3.63) is 83.9 Å². The zero-order valence-corrected chi connectivity index (χ0v) is 12.6. The average Bonchev–Trinajstić information content (AvgIpc) is 3.30. The summed E-state index contributed by atoms with van der Waals surface area (Å²) in [5, 5.41) is 11.5. The molecule has 5 rings (SSSR count). The third kappa shape index (κ3) is 1.81.